The lowest BCUT2D eigenvalue weighted by molar-refractivity contribution is 0.393. The molecule has 0 unspecified atom stereocenters. The third-order valence-electron chi connectivity index (χ3n) is 3.89. The van der Waals surface area contributed by atoms with Crippen LogP contribution in [0.5, 0.6) is 11.5 Å². The number of nitrogen functional groups attached to an aromatic ring is 1. The molecule has 0 saturated carbocycles. The van der Waals surface area contributed by atoms with Crippen LogP contribution in [0.3, 0.4) is 0 Å². The van der Waals surface area contributed by atoms with Gasteiger partial charge in [0.15, 0.2) is 0 Å². The minimum Gasteiger partial charge on any atom is -0.497 e. The Morgan fingerprint density at radius 3 is 2.42 bits per heavy atom. The predicted octanol–water partition coefficient (Wildman–Crippen LogP) is 3.62. The van der Waals surface area contributed by atoms with Gasteiger partial charge in [0.25, 0.3) is 0 Å². The second kappa shape index (κ2) is 6.39. The third kappa shape index (κ3) is 2.55. The Bertz CT molecular complexity index is 908. The fourth-order valence-corrected chi connectivity index (χ4v) is 2.66. The van der Waals surface area contributed by atoms with E-state index < -0.39 is 0 Å². The molecule has 24 heavy (non-hydrogen) atoms. The Hall–Kier alpha value is -3.39. The molecule has 0 aliphatic rings. The van der Waals surface area contributed by atoms with Crippen LogP contribution in [0, 0.1) is 11.3 Å². The van der Waals surface area contributed by atoms with Gasteiger partial charge in [-0.1, -0.05) is 30.3 Å². The van der Waals surface area contributed by atoms with Crippen molar-refractivity contribution in [2.24, 2.45) is 0 Å². The number of hydrogen-bond acceptors (Lipinski definition) is 4. The van der Waals surface area contributed by atoms with Crippen LogP contribution in [0.2, 0.25) is 0 Å². The van der Waals surface area contributed by atoms with Crippen LogP contribution in [0.15, 0.2) is 54.7 Å². The fraction of sp³-hybridized carbons (Fsp3) is 0.105. The standard InChI is InChI=1S/C19H17N3O2/c1-23-14-8-9-17(18(10-14)24-2)22-12-16(15(11-20)19(22)21)13-6-4-3-5-7-13/h3-10,12H,21H2,1-2H3. The summed E-state index contributed by atoms with van der Waals surface area (Å²) in [5.41, 5.74) is 9.14. The number of rotatable bonds is 4. The first-order valence-corrected chi connectivity index (χ1v) is 7.38. The van der Waals surface area contributed by atoms with E-state index >= 15 is 0 Å². The number of anilines is 1. The first-order valence-electron chi connectivity index (χ1n) is 7.38. The normalized spacial score (nSPS) is 10.2. The highest BCUT2D eigenvalue weighted by Crippen LogP contribution is 2.35. The molecule has 1 heterocycles. The Labute approximate surface area is 140 Å². The van der Waals surface area contributed by atoms with Crippen molar-refractivity contribution in [3.8, 4) is 34.4 Å². The largest absolute Gasteiger partial charge is 0.497 e. The number of methoxy groups -OCH3 is 2. The Morgan fingerprint density at radius 2 is 1.79 bits per heavy atom. The van der Waals surface area contributed by atoms with Gasteiger partial charge in [0.2, 0.25) is 0 Å². The van der Waals surface area contributed by atoms with Crippen molar-refractivity contribution in [3.05, 3.63) is 60.3 Å². The highest BCUT2D eigenvalue weighted by Gasteiger charge is 2.18. The summed E-state index contributed by atoms with van der Waals surface area (Å²) in [4.78, 5) is 0. The maximum atomic E-state index is 9.53. The average molecular weight is 319 g/mol. The van der Waals surface area contributed by atoms with Crippen molar-refractivity contribution >= 4 is 5.82 Å². The molecule has 0 fully saturated rings. The number of nitrogens with zero attached hydrogens (tertiary/aromatic N) is 2. The number of ether oxygens (including phenoxy) is 2. The zero-order chi connectivity index (χ0) is 17.1. The molecule has 0 aliphatic heterocycles. The van der Waals surface area contributed by atoms with Gasteiger partial charge in [0.05, 0.1) is 19.9 Å². The summed E-state index contributed by atoms with van der Waals surface area (Å²) in [6, 6.07) is 17.3. The Kier molecular flexibility index (Phi) is 4.13. The van der Waals surface area contributed by atoms with E-state index in [0.29, 0.717) is 22.9 Å². The van der Waals surface area contributed by atoms with E-state index in [-0.39, 0.29) is 0 Å². The number of benzene rings is 2. The monoisotopic (exact) mass is 319 g/mol. The van der Waals surface area contributed by atoms with Crippen LogP contribution in [0.4, 0.5) is 5.82 Å². The summed E-state index contributed by atoms with van der Waals surface area (Å²) in [6.07, 6.45) is 1.85. The van der Waals surface area contributed by atoms with Gasteiger partial charge in [-0.15, -0.1) is 0 Å². The lowest BCUT2D eigenvalue weighted by Gasteiger charge is -2.12. The average Bonchev–Trinajstić information content (AvgIpc) is 2.98. The van der Waals surface area contributed by atoms with Crippen LogP contribution in [-0.2, 0) is 0 Å². The minimum absolute atomic E-state index is 0.375. The topological polar surface area (TPSA) is 73.2 Å². The summed E-state index contributed by atoms with van der Waals surface area (Å²) in [6.45, 7) is 0. The van der Waals surface area contributed by atoms with Crippen molar-refractivity contribution < 1.29 is 9.47 Å². The first kappa shape index (κ1) is 15.5. The van der Waals surface area contributed by atoms with Crippen LogP contribution in [-0.4, -0.2) is 18.8 Å². The SMILES string of the molecule is COc1ccc(-n2cc(-c3ccccc3)c(C#N)c2N)c(OC)c1. The fourth-order valence-electron chi connectivity index (χ4n) is 2.66. The minimum atomic E-state index is 0.375. The van der Waals surface area contributed by atoms with Gasteiger partial charge in [0, 0.05) is 17.8 Å². The lowest BCUT2D eigenvalue weighted by Crippen LogP contribution is -2.02. The van der Waals surface area contributed by atoms with Gasteiger partial charge < -0.3 is 15.2 Å². The zero-order valence-corrected chi connectivity index (χ0v) is 13.5. The van der Waals surface area contributed by atoms with E-state index in [1.165, 1.54) is 0 Å². The number of nitrogens with two attached hydrogens (primary N) is 1. The molecular formula is C19H17N3O2. The molecule has 2 N–H and O–H groups in total. The Balaban J connectivity index is 2.21. The third-order valence-corrected chi connectivity index (χ3v) is 3.89. The van der Waals surface area contributed by atoms with E-state index in [0.717, 1.165) is 16.8 Å². The molecule has 1 aromatic heterocycles. The number of aromatic nitrogens is 1. The van der Waals surface area contributed by atoms with E-state index in [4.69, 9.17) is 15.2 Å². The highest BCUT2D eigenvalue weighted by molar-refractivity contribution is 5.78. The van der Waals surface area contributed by atoms with Crippen LogP contribution >= 0.6 is 0 Å². The summed E-state index contributed by atoms with van der Waals surface area (Å²) in [7, 11) is 3.18. The van der Waals surface area contributed by atoms with E-state index in [1.54, 1.807) is 24.9 Å². The van der Waals surface area contributed by atoms with Gasteiger partial charge in [-0.2, -0.15) is 5.26 Å². The van der Waals surface area contributed by atoms with Crippen LogP contribution < -0.4 is 15.2 Å². The summed E-state index contributed by atoms with van der Waals surface area (Å²) < 4.78 is 12.4. The van der Waals surface area contributed by atoms with Gasteiger partial charge in [-0.05, 0) is 17.7 Å². The number of nitriles is 1. The molecule has 0 radical (unpaired) electrons. The molecular weight excluding hydrogens is 302 g/mol. The first-order chi connectivity index (χ1) is 11.7. The molecule has 3 rings (SSSR count). The molecule has 5 nitrogen and oxygen atoms in total. The van der Waals surface area contributed by atoms with Gasteiger partial charge in [-0.3, -0.25) is 4.57 Å². The van der Waals surface area contributed by atoms with Crippen molar-refractivity contribution in [2.45, 2.75) is 0 Å². The molecule has 0 amide bonds. The highest BCUT2D eigenvalue weighted by atomic mass is 16.5. The van der Waals surface area contributed by atoms with E-state index in [9.17, 15) is 5.26 Å². The smallest absolute Gasteiger partial charge is 0.146 e. The molecule has 0 bridgehead atoms. The maximum Gasteiger partial charge on any atom is 0.146 e. The molecule has 0 aliphatic carbocycles. The van der Waals surface area contributed by atoms with Crippen LogP contribution in [0.25, 0.3) is 16.8 Å². The van der Waals surface area contributed by atoms with Crippen molar-refractivity contribution in [3.63, 3.8) is 0 Å². The second-order valence-corrected chi connectivity index (χ2v) is 5.19. The lowest BCUT2D eigenvalue weighted by atomic mass is 10.1. The van der Waals surface area contributed by atoms with Crippen molar-refractivity contribution in [2.75, 3.05) is 20.0 Å². The quantitative estimate of drug-likeness (QED) is 0.797. The van der Waals surface area contributed by atoms with Gasteiger partial charge in [-0.25, -0.2) is 0 Å². The van der Waals surface area contributed by atoms with Crippen LogP contribution in [0.1, 0.15) is 5.56 Å². The predicted molar refractivity (Wildman–Crippen MR) is 93.4 cm³/mol. The molecule has 0 saturated heterocycles. The number of hydrogen-bond donors (Lipinski definition) is 1. The zero-order valence-electron chi connectivity index (χ0n) is 13.5. The molecule has 120 valence electrons. The van der Waals surface area contributed by atoms with Gasteiger partial charge >= 0.3 is 0 Å². The molecule has 0 spiro atoms. The van der Waals surface area contributed by atoms with Crippen molar-refractivity contribution in [1.82, 2.24) is 4.57 Å². The molecule has 5 heteroatoms. The van der Waals surface area contributed by atoms with E-state index in [2.05, 4.69) is 6.07 Å². The summed E-state index contributed by atoms with van der Waals surface area (Å²) in [5.74, 6) is 1.67. The summed E-state index contributed by atoms with van der Waals surface area (Å²) >= 11 is 0. The Morgan fingerprint density at radius 1 is 1.04 bits per heavy atom. The second-order valence-electron chi connectivity index (χ2n) is 5.19. The molecule has 2 aromatic carbocycles. The van der Waals surface area contributed by atoms with E-state index in [1.807, 2.05) is 48.7 Å². The molecule has 0 atom stereocenters. The maximum absolute atomic E-state index is 9.53. The van der Waals surface area contributed by atoms with Crippen molar-refractivity contribution in [1.29, 1.82) is 5.26 Å². The van der Waals surface area contributed by atoms with Gasteiger partial charge in [0.1, 0.15) is 28.9 Å². The summed E-state index contributed by atoms with van der Waals surface area (Å²) in [5, 5.41) is 9.53. The molecule has 3 aromatic rings.